The number of aliphatic carboxylic acids is 1. The van der Waals surface area contributed by atoms with Gasteiger partial charge in [0.1, 0.15) is 6.04 Å². The zero-order valence-electron chi connectivity index (χ0n) is 8.03. The maximum absolute atomic E-state index is 10.5. The largest absolute Gasteiger partial charge is 0.480 e. The van der Waals surface area contributed by atoms with Crippen LogP contribution in [0, 0.1) is 0 Å². The van der Waals surface area contributed by atoms with Gasteiger partial charge in [0.15, 0.2) is 0 Å². The minimum atomic E-state index is -0.863. The molecule has 1 aromatic carbocycles. The van der Waals surface area contributed by atoms with Gasteiger partial charge in [0.2, 0.25) is 0 Å². The van der Waals surface area contributed by atoms with Crippen molar-refractivity contribution >= 4 is 17.7 Å². The molecule has 1 aromatic rings. The van der Waals surface area contributed by atoms with E-state index in [-0.39, 0.29) is 0 Å². The molecule has 2 N–H and O–H groups in total. The quantitative estimate of drug-likeness (QED) is 0.767. The second kappa shape index (κ2) is 4.46. The van der Waals surface area contributed by atoms with Crippen molar-refractivity contribution < 1.29 is 9.90 Å². The van der Waals surface area contributed by atoms with Crippen molar-refractivity contribution in [1.29, 1.82) is 0 Å². The fourth-order valence-electron chi connectivity index (χ4n) is 1.03. The van der Waals surface area contributed by atoms with Crippen molar-refractivity contribution in [1.82, 2.24) is 0 Å². The maximum Gasteiger partial charge on any atom is 0.325 e. The zero-order valence-corrected chi connectivity index (χ0v) is 8.03. The van der Waals surface area contributed by atoms with Gasteiger partial charge in [-0.3, -0.25) is 4.79 Å². The molecule has 0 radical (unpaired) electrons. The number of nitrogens with one attached hydrogen (secondary N) is 1. The summed E-state index contributed by atoms with van der Waals surface area (Å²) >= 11 is 0. The van der Waals surface area contributed by atoms with Gasteiger partial charge in [-0.15, -0.1) is 0 Å². The van der Waals surface area contributed by atoms with Crippen molar-refractivity contribution in [2.24, 2.45) is 0 Å². The molecule has 3 heteroatoms. The molecule has 74 valence electrons. The summed E-state index contributed by atoms with van der Waals surface area (Å²) in [7, 11) is 0. The van der Waals surface area contributed by atoms with E-state index in [0.717, 1.165) is 11.3 Å². The third-order valence-electron chi connectivity index (χ3n) is 1.90. The highest BCUT2D eigenvalue weighted by atomic mass is 16.4. The lowest BCUT2D eigenvalue weighted by Crippen LogP contribution is -2.25. The maximum atomic E-state index is 10.5. The SMILES string of the molecule is C=Cc1ccc(N[C@@H](C)C(=O)O)cc1. The average Bonchev–Trinajstić information content (AvgIpc) is 2.19. The van der Waals surface area contributed by atoms with Crippen LogP contribution in [0.2, 0.25) is 0 Å². The molecule has 1 atom stereocenters. The van der Waals surface area contributed by atoms with Crippen molar-refractivity contribution in [3.63, 3.8) is 0 Å². The smallest absolute Gasteiger partial charge is 0.325 e. The molecular weight excluding hydrogens is 178 g/mol. The Morgan fingerprint density at radius 3 is 2.50 bits per heavy atom. The molecule has 0 aliphatic rings. The van der Waals surface area contributed by atoms with Crippen molar-refractivity contribution in [3.8, 4) is 0 Å². The van der Waals surface area contributed by atoms with E-state index in [9.17, 15) is 4.79 Å². The van der Waals surface area contributed by atoms with Crippen LogP contribution in [0.25, 0.3) is 6.08 Å². The number of carboxylic acid groups (broad SMARTS) is 1. The zero-order chi connectivity index (χ0) is 10.6. The molecule has 1 rings (SSSR count). The molecule has 0 unspecified atom stereocenters. The molecule has 0 bridgehead atoms. The predicted octanol–water partition coefficient (Wildman–Crippen LogP) is 2.21. The molecule has 3 nitrogen and oxygen atoms in total. The average molecular weight is 191 g/mol. The fraction of sp³-hybridized carbons (Fsp3) is 0.182. The van der Waals surface area contributed by atoms with Gasteiger partial charge in [0, 0.05) is 5.69 Å². The fourth-order valence-corrected chi connectivity index (χ4v) is 1.03. The lowest BCUT2D eigenvalue weighted by molar-refractivity contribution is -0.137. The molecule has 0 amide bonds. The Labute approximate surface area is 83.1 Å². The van der Waals surface area contributed by atoms with Gasteiger partial charge >= 0.3 is 5.97 Å². The van der Waals surface area contributed by atoms with Crippen LogP contribution in [-0.2, 0) is 4.79 Å². The van der Waals surface area contributed by atoms with E-state index in [1.54, 1.807) is 13.0 Å². The van der Waals surface area contributed by atoms with Crippen LogP contribution in [0.15, 0.2) is 30.8 Å². The number of hydrogen-bond donors (Lipinski definition) is 2. The van der Waals surface area contributed by atoms with Crippen LogP contribution < -0.4 is 5.32 Å². The number of benzene rings is 1. The molecule has 0 fully saturated rings. The highest BCUT2D eigenvalue weighted by molar-refractivity contribution is 5.76. The van der Waals surface area contributed by atoms with E-state index < -0.39 is 12.0 Å². The van der Waals surface area contributed by atoms with Crippen LogP contribution in [-0.4, -0.2) is 17.1 Å². The molecule has 0 aliphatic heterocycles. The number of rotatable bonds is 4. The van der Waals surface area contributed by atoms with Crippen molar-refractivity contribution in [2.45, 2.75) is 13.0 Å². The number of anilines is 1. The van der Waals surface area contributed by atoms with E-state index in [4.69, 9.17) is 5.11 Å². The van der Waals surface area contributed by atoms with E-state index in [1.807, 2.05) is 24.3 Å². The van der Waals surface area contributed by atoms with Gasteiger partial charge in [-0.1, -0.05) is 24.8 Å². The standard InChI is InChI=1S/C11H13NO2/c1-3-9-4-6-10(7-5-9)12-8(2)11(13)14/h3-8,12H,1H2,2H3,(H,13,14)/t8-/m0/s1. The molecule has 0 saturated carbocycles. The number of carboxylic acids is 1. The lowest BCUT2D eigenvalue weighted by atomic mass is 10.2. The molecular formula is C11H13NO2. The topological polar surface area (TPSA) is 49.3 Å². The highest BCUT2D eigenvalue weighted by Crippen LogP contribution is 2.11. The first-order valence-electron chi connectivity index (χ1n) is 4.35. The Morgan fingerprint density at radius 2 is 2.07 bits per heavy atom. The summed E-state index contributed by atoms with van der Waals surface area (Å²) in [4.78, 5) is 10.5. The van der Waals surface area contributed by atoms with Crippen LogP contribution in [0.3, 0.4) is 0 Å². The summed E-state index contributed by atoms with van der Waals surface area (Å²) in [5.74, 6) is -0.863. The monoisotopic (exact) mass is 191 g/mol. The molecule has 0 saturated heterocycles. The van der Waals surface area contributed by atoms with Gasteiger partial charge < -0.3 is 10.4 Å². The summed E-state index contributed by atoms with van der Waals surface area (Å²) in [6.45, 7) is 5.24. The van der Waals surface area contributed by atoms with Crippen LogP contribution in [0.1, 0.15) is 12.5 Å². The molecule has 14 heavy (non-hydrogen) atoms. The van der Waals surface area contributed by atoms with Gasteiger partial charge in [-0.05, 0) is 24.6 Å². The predicted molar refractivity (Wildman–Crippen MR) is 57.3 cm³/mol. The number of carbonyl (C=O) groups is 1. The van der Waals surface area contributed by atoms with Gasteiger partial charge in [0.25, 0.3) is 0 Å². The Balaban J connectivity index is 2.68. The lowest BCUT2D eigenvalue weighted by Gasteiger charge is -2.10. The van der Waals surface area contributed by atoms with Gasteiger partial charge in [0.05, 0.1) is 0 Å². The Kier molecular flexibility index (Phi) is 3.29. The normalized spacial score (nSPS) is 11.8. The first-order chi connectivity index (χ1) is 6.63. The van der Waals surface area contributed by atoms with E-state index in [1.165, 1.54) is 0 Å². The summed E-state index contributed by atoms with van der Waals surface area (Å²) in [6, 6.07) is 6.84. The Morgan fingerprint density at radius 1 is 1.50 bits per heavy atom. The third-order valence-corrected chi connectivity index (χ3v) is 1.90. The van der Waals surface area contributed by atoms with Crippen molar-refractivity contribution in [2.75, 3.05) is 5.32 Å². The van der Waals surface area contributed by atoms with E-state index in [2.05, 4.69) is 11.9 Å². The summed E-state index contributed by atoms with van der Waals surface area (Å²) in [5, 5.41) is 11.5. The second-order valence-corrected chi connectivity index (χ2v) is 3.03. The van der Waals surface area contributed by atoms with Gasteiger partial charge in [-0.2, -0.15) is 0 Å². The second-order valence-electron chi connectivity index (χ2n) is 3.03. The first-order valence-corrected chi connectivity index (χ1v) is 4.35. The number of hydrogen-bond acceptors (Lipinski definition) is 2. The third kappa shape index (κ3) is 2.62. The van der Waals surface area contributed by atoms with Gasteiger partial charge in [-0.25, -0.2) is 0 Å². The first kappa shape index (κ1) is 10.3. The Hall–Kier alpha value is -1.77. The van der Waals surface area contributed by atoms with Crippen LogP contribution >= 0.6 is 0 Å². The Bertz CT molecular complexity index is 330. The molecule has 0 aliphatic carbocycles. The summed E-state index contributed by atoms with van der Waals surface area (Å²) in [6.07, 6.45) is 1.74. The van der Waals surface area contributed by atoms with Crippen LogP contribution in [0.4, 0.5) is 5.69 Å². The van der Waals surface area contributed by atoms with Crippen LogP contribution in [0.5, 0.6) is 0 Å². The summed E-state index contributed by atoms with van der Waals surface area (Å²) in [5.41, 5.74) is 1.81. The molecule has 0 aromatic heterocycles. The summed E-state index contributed by atoms with van der Waals surface area (Å²) < 4.78 is 0. The van der Waals surface area contributed by atoms with E-state index in [0.29, 0.717) is 0 Å². The minimum absolute atomic E-state index is 0.579. The van der Waals surface area contributed by atoms with Crippen molar-refractivity contribution in [3.05, 3.63) is 36.4 Å². The van der Waals surface area contributed by atoms with E-state index >= 15 is 0 Å². The molecule has 0 spiro atoms. The molecule has 0 heterocycles. The minimum Gasteiger partial charge on any atom is -0.480 e. The highest BCUT2D eigenvalue weighted by Gasteiger charge is 2.09.